The molecule has 2 heterocycles. The molecule has 2 aromatic heterocycles. The first-order valence-corrected chi connectivity index (χ1v) is 20.3. The molecule has 0 bridgehead atoms. The van der Waals surface area contributed by atoms with Gasteiger partial charge in [-0.25, -0.2) is 0 Å². The van der Waals surface area contributed by atoms with Crippen molar-refractivity contribution in [3.05, 3.63) is 191 Å². The van der Waals surface area contributed by atoms with E-state index in [1.807, 2.05) is 95.8 Å². The van der Waals surface area contributed by atoms with E-state index in [1.54, 1.807) is 0 Å². The normalized spacial score (nSPS) is 12.4. The Morgan fingerprint density at radius 1 is 0.355 bits per heavy atom. The van der Waals surface area contributed by atoms with Gasteiger partial charge in [-0.3, -0.25) is 0 Å². The van der Waals surface area contributed by atoms with E-state index in [-0.39, 0.29) is 16.8 Å². The topological polar surface area (TPSA) is 9.86 Å². The summed E-state index contributed by atoms with van der Waals surface area (Å²) in [4.78, 5) is 0. The largest absolute Gasteiger partial charge is 0.417 e. The fourth-order valence-electron chi connectivity index (χ4n) is 9.35. The number of fused-ring (bicyclic) bond motifs is 6. The summed E-state index contributed by atoms with van der Waals surface area (Å²) in [5.41, 5.74) is 9.31. The van der Waals surface area contributed by atoms with Gasteiger partial charge in [0.1, 0.15) is 0 Å². The van der Waals surface area contributed by atoms with Crippen molar-refractivity contribution in [2.24, 2.45) is 0 Å². The minimum Gasteiger partial charge on any atom is -0.307 e. The predicted molar refractivity (Wildman–Crippen MR) is 240 cm³/mol. The molecule has 0 radical (unpaired) electrons. The molecule has 0 saturated heterocycles. The molecule has 0 fully saturated rings. The van der Waals surface area contributed by atoms with E-state index >= 15 is 13.2 Å². The van der Waals surface area contributed by atoms with Gasteiger partial charge >= 0.3 is 12.4 Å². The summed E-state index contributed by atoms with van der Waals surface area (Å²) in [6, 6.07) is 46.7. The van der Waals surface area contributed by atoms with Crippen LogP contribution in [0.25, 0.3) is 88.4 Å². The molecule has 0 saturated carbocycles. The second kappa shape index (κ2) is 14.3. The zero-order valence-corrected chi connectivity index (χ0v) is 34.2. The molecule has 8 heteroatoms. The highest BCUT2D eigenvalue weighted by molar-refractivity contribution is 6.13. The van der Waals surface area contributed by atoms with Gasteiger partial charge in [-0.15, -0.1) is 0 Å². The summed E-state index contributed by atoms with van der Waals surface area (Å²) >= 11 is 0. The van der Waals surface area contributed by atoms with E-state index in [0.717, 1.165) is 101 Å². The van der Waals surface area contributed by atoms with Crippen LogP contribution in [0.1, 0.15) is 33.4 Å². The number of hydrogen-bond donors (Lipinski definition) is 0. The highest BCUT2D eigenvalue weighted by Crippen LogP contribution is 2.46. The number of halogens is 6. The third-order valence-electron chi connectivity index (χ3n) is 12.1. The number of para-hydroxylation sites is 2. The summed E-state index contributed by atoms with van der Waals surface area (Å²) in [6.45, 7) is 8.21. The van der Waals surface area contributed by atoms with Crippen LogP contribution in [-0.4, -0.2) is 9.13 Å². The maximum atomic E-state index is 15.6. The van der Waals surface area contributed by atoms with Crippen molar-refractivity contribution in [3.8, 4) is 44.8 Å². The van der Waals surface area contributed by atoms with E-state index in [4.69, 9.17) is 0 Å². The Labute approximate surface area is 353 Å². The molecule has 0 amide bonds. The first-order chi connectivity index (χ1) is 29.7. The van der Waals surface area contributed by atoms with Crippen LogP contribution >= 0.6 is 0 Å². The Kier molecular flexibility index (Phi) is 9.00. The maximum absolute atomic E-state index is 15.6. The Morgan fingerprint density at radius 2 is 0.823 bits per heavy atom. The SMILES string of the molecule is Cc1ccc(-c2ccc3c(c2)c2ccccc2n3-c2cc(-c3cccc(C(F)(F)F)c3)c(C(F)(F)F)cc2-n2c3ccccc3c3cc(-c4ccc(C)cc4C)ccc32)c(C)c1. The van der Waals surface area contributed by atoms with E-state index < -0.39 is 23.5 Å². The van der Waals surface area contributed by atoms with Crippen molar-refractivity contribution in [3.63, 3.8) is 0 Å². The standard InChI is InChI=1S/C54H38F6N2/c1-31-16-20-39(33(3)24-31)36-18-22-49-44(27-36)41-12-5-7-14-47(41)61(49)51-29-43(35-10-9-11-38(26-35)53(55,56)57)46(54(58,59)60)30-52(51)62-48-15-8-6-13-42(48)45-28-37(19-23-50(45)62)40-21-17-32(2)25-34(40)4/h5-30H,1-4H3. The molecule has 0 aliphatic heterocycles. The van der Waals surface area contributed by atoms with Crippen LogP contribution in [0, 0.1) is 27.7 Å². The highest BCUT2D eigenvalue weighted by Gasteiger charge is 2.37. The molecule has 0 aliphatic carbocycles. The second-order valence-corrected chi connectivity index (χ2v) is 16.3. The molecule has 62 heavy (non-hydrogen) atoms. The molecular weight excluding hydrogens is 791 g/mol. The molecule has 8 aromatic carbocycles. The smallest absolute Gasteiger partial charge is 0.307 e. The van der Waals surface area contributed by atoms with Crippen molar-refractivity contribution < 1.29 is 26.3 Å². The minimum absolute atomic E-state index is 0.196. The van der Waals surface area contributed by atoms with Crippen molar-refractivity contribution >= 4 is 43.6 Å². The van der Waals surface area contributed by atoms with Gasteiger partial charge in [-0.2, -0.15) is 26.3 Å². The van der Waals surface area contributed by atoms with Crippen molar-refractivity contribution in [1.29, 1.82) is 0 Å². The zero-order chi connectivity index (χ0) is 43.2. The Morgan fingerprint density at radius 3 is 1.31 bits per heavy atom. The molecular formula is C54H38F6N2. The monoisotopic (exact) mass is 828 g/mol. The van der Waals surface area contributed by atoms with Crippen LogP contribution in [0.15, 0.2) is 158 Å². The van der Waals surface area contributed by atoms with Crippen LogP contribution in [0.3, 0.4) is 0 Å². The maximum Gasteiger partial charge on any atom is 0.417 e. The van der Waals surface area contributed by atoms with E-state index in [9.17, 15) is 13.2 Å². The van der Waals surface area contributed by atoms with Crippen LogP contribution in [0.5, 0.6) is 0 Å². The lowest BCUT2D eigenvalue weighted by Crippen LogP contribution is -2.12. The number of aryl methyl sites for hydroxylation is 4. The van der Waals surface area contributed by atoms with Gasteiger partial charge in [0.25, 0.3) is 0 Å². The summed E-state index contributed by atoms with van der Waals surface area (Å²) < 4.78 is 93.2. The van der Waals surface area contributed by atoms with Crippen LogP contribution in [0.2, 0.25) is 0 Å². The van der Waals surface area contributed by atoms with E-state index in [2.05, 4.69) is 62.4 Å². The number of nitrogens with zero attached hydrogens (tertiary/aromatic N) is 2. The first-order valence-electron chi connectivity index (χ1n) is 20.3. The highest BCUT2D eigenvalue weighted by atomic mass is 19.4. The first kappa shape index (κ1) is 39.1. The minimum atomic E-state index is -4.94. The molecule has 0 spiro atoms. The van der Waals surface area contributed by atoms with Crippen molar-refractivity contribution in [2.75, 3.05) is 0 Å². The third kappa shape index (κ3) is 6.44. The lowest BCUT2D eigenvalue weighted by atomic mass is 9.95. The molecule has 10 aromatic rings. The molecule has 306 valence electrons. The molecule has 0 atom stereocenters. The number of rotatable bonds is 5. The summed E-state index contributed by atoms with van der Waals surface area (Å²) in [7, 11) is 0. The second-order valence-electron chi connectivity index (χ2n) is 16.3. The van der Waals surface area contributed by atoms with Crippen LogP contribution < -0.4 is 0 Å². The van der Waals surface area contributed by atoms with E-state index in [0.29, 0.717) is 16.7 Å². The van der Waals surface area contributed by atoms with Crippen molar-refractivity contribution in [1.82, 2.24) is 9.13 Å². The van der Waals surface area contributed by atoms with Gasteiger partial charge in [0.15, 0.2) is 0 Å². The van der Waals surface area contributed by atoms with Gasteiger partial charge in [-0.05, 0) is 133 Å². The number of benzene rings is 8. The zero-order valence-electron chi connectivity index (χ0n) is 34.2. The Bertz CT molecular complexity index is 3430. The van der Waals surface area contributed by atoms with Crippen molar-refractivity contribution in [2.45, 2.75) is 40.0 Å². The number of hydrogen-bond acceptors (Lipinski definition) is 0. The van der Waals surface area contributed by atoms with Gasteiger partial charge < -0.3 is 9.13 Å². The summed E-state index contributed by atoms with van der Waals surface area (Å²) in [5, 5.41) is 3.45. The Hall–Kier alpha value is -7.06. The quantitative estimate of drug-likeness (QED) is 0.153. The van der Waals surface area contributed by atoms with Crippen LogP contribution in [-0.2, 0) is 12.4 Å². The Balaban J connectivity index is 1.33. The number of aromatic nitrogens is 2. The third-order valence-corrected chi connectivity index (χ3v) is 12.1. The lowest BCUT2D eigenvalue weighted by Gasteiger charge is -2.22. The van der Waals surface area contributed by atoms with Gasteiger partial charge in [0, 0.05) is 21.5 Å². The van der Waals surface area contributed by atoms with Crippen LogP contribution in [0.4, 0.5) is 26.3 Å². The van der Waals surface area contributed by atoms with E-state index in [1.165, 1.54) is 12.1 Å². The van der Waals surface area contributed by atoms with Gasteiger partial charge in [-0.1, -0.05) is 108 Å². The summed E-state index contributed by atoms with van der Waals surface area (Å²) in [5.74, 6) is 0. The molecule has 0 aliphatic rings. The lowest BCUT2D eigenvalue weighted by molar-refractivity contribution is -0.137. The molecule has 0 unspecified atom stereocenters. The molecule has 2 nitrogen and oxygen atoms in total. The number of alkyl halides is 6. The predicted octanol–water partition coefficient (Wildman–Crippen LogP) is 16.2. The average molecular weight is 829 g/mol. The average Bonchev–Trinajstić information content (AvgIpc) is 3.74. The molecule has 0 N–H and O–H groups in total. The van der Waals surface area contributed by atoms with Gasteiger partial charge in [0.05, 0.1) is 44.6 Å². The fourth-order valence-corrected chi connectivity index (χ4v) is 9.35. The summed E-state index contributed by atoms with van der Waals surface area (Å²) in [6.07, 6.45) is -9.70. The molecule has 10 rings (SSSR count). The fraction of sp³-hybridized carbons (Fsp3) is 0.111. The van der Waals surface area contributed by atoms with Gasteiger partial charge in [0.2, 0.25) is 0 Å².